The molecular formula is C22H15Cl2N5O2S. The van der Waals surface area contributed by atoms with E-state index in [9.17, 15) is 4.79 Å². The van der Waals surface area contributed by atoms with Gasteiger partial charge in [-0.1, -0.05) is 23.2 Å². The van der Waals surface area contributed by atoms with Crippen molar-refractivity contribution >= 4 is 63.0 Å². The van der Waals surface area contributed by atoms with Crippen molar-refractivity contribution in [3.05, 3.63) is 81.0 Å². The molecule has 0 saturated carbocycles. The minimum atomic E-state index is -0.482. The number of nitrogens with zero attached hydrogens (tertiary/aromatic N) is 4. The van der Waals surface area contributed by atoms with Gasteiger partial charge in [0.25, 0.3) is 5.91 Å². The Morgan fingerprint density at radius 1 is 1.16 bits per heavy atom. The number of rotatable bonds is 3. The Labute approximate surface area is 197 Å². The summed E-state index contributed by atoms with van der Waals surface area (Å²) in [6.45, 7) is 3.89. The zero-order valence-electron chi connectivity index (χ0n) is 16.9. The molecule has 32 heavy (non-hydrogen) atoms. The molecular weight excluding hydrogens is 469 g/mol. The summed E-state index contributed by atoms with van der Waals surface area (Å²) in [7, 11) is 0. The molecule has 4 heterocycles. The number of hydrogen-bond donors (Lipinski definition) is 1. The first kappa shape index (κ1) is 20.8. The first-order valence-corrected chi connectivity index (χ1v) is 11.1. The normalized spacial score (nSPS) is 17.1. The minimum Gasteiger partial charge on any atom is -0.462 e. The molecule has 0 bridgehead atoms. The van der Waals surface area contributed by atoms with Gasteiger partial charge in [-0.3, -0.25) is 10.2 Å². The summed E-state index contributed by atoms with van der Waals surface area (Å²) in [4.78, 5) is 16.9. The van der Waals surface area contributed by atoms with E-state index >= 15 is 0 Å². The third kappa shape index (κ3) is 3.40. The lowest BCUT2D eigenvalue weighted by molar-refractivity contribution is -0.114. The van der Waals surface area contributed by atoms with Crippen molar-refractivity contribution in [2.75, 3.05) is 0 Å². The standard InChI is InChI=1S/C22H15Cl2N5O2S/c1-11-8-13(12(2)28(11)14-5-6-16(23)17(24)10-14)9-15-19(25)29-22(26-20(15)30)32-21(27-29)18-4-3-7-31-18/h3-10,25H,1-2H3/b15-9+,25-19?. The van der Waals surface area contributed by atoms with Gasteiger partial charge in [-0.2, -0.15) is 15.1 Å². The Morgan fingerprint density at radius 3 is 2.69 bits per heavy atom. The molecule has 160 valence electrons. The Balaban J connectivity index is 1.53. The van der Waals surface area contributed by atoms with E-state index in [4.69, 9.17) is 33.0 Å². The van der Waals surface area contributed by atoms with E-state index in [1.54, 1.807) is 36.6 Å². The van der Waals surface area contributed by atoms with Gasteiger partial charge in [-0.05, 0) is 73.6 Å². The van der Waals surface area contributed by atoms with Gasteiger partial charge in [0.2, 0.25) is 5.17 Å². The first-order chi connectivity index (χ1) is 15.3. The van der Waals surface area contributed by atoms with Gasteiger partial charge in [0.1, 0.15) is 0 Å². The van der Waals surface area contributed by atoms with Gasteiger partial charge in [-0.15, -0.1) is 0 Å². The summed E-state index contributed by atoms with van der Waals surface area (Å²) < 4.78 is 7.39. The maximum atomic E-state index is 12.8. The number of hydrogen-bond acceptors (Lipinski definition) is 5. The molecule has 10 heteroatoms. The van der Waals surface area contributed by atoms with E-state index in [2.05, 4.69) is 10.1 Å². The molecule has 0 saturated heterocycles. The number of aryl methyl sites for hydroxylation is 1. The number of benzene rings is 1. The highest BCUT2D eigenvalue weighted by atomic mass is 35.5. The van der Waals surface area contributed by atoms with Crippen LogP contribution in [0.4, 0.5) is 0 Å². The van der Waals surface area contributed by atoms with Crippen LogP contribution in [0.25, 0.3) is 11.8 Å². The molecule has 3 aromatic rings. The highest BCUT2D eigenvalue weighted by Gasteiger charge is 2.36. The highest BCUT2D eigenvalue weighted by molar-refractivity contribution is 8.27. The average Bonchev–Trinajstić information content (AvgIpc) is 3.47. The van der Waals surface area contributed by atoms with Crippen molar-refractivity contribution in [2.45, 2.75) is 13.8 Å². The van der Waals surface area contributed by atoms with E-state index in [1.807, 2.05) is 30.5 Å². The van der Waals surface area contributed by atoms with Crippen molar-refractivity contribution in [3.63, 3.8) is 0 Å². The number of amides is 1. The van der Waals surface area contributed by atoms with Crippen LogP contribution in [0.1, 0.15) is 22.7 Å². The van der Waals surface area contributed by atoms with Gasteiger partial charge in [0.15, 0.2) is 16.6 Å². The molecule has 0 radical (unpaired) electrons. The van der Waals surface area contributed by atoms with Crippen molar-refractivity contribution in [1.82, 2.24) is 9.58 Å². The fourth-order valence-electron chi connectivity index (χ4n) is 3.60. The molecule has 0 atom stereocenters. The number of thioether (sulfide) groups is 1. The first-order valence-electron chi connectivity index (χ1n) is 9.52. The number of fused-ring (bicyclic) bond motifs is 1. The number of furan rings is 1. The second kappa shape index (κ2) is 7.81. The summed E-state index contributed by atoms with van der Waals surface area (Å²) in [6.07, 6.45) is 3.22. The third-order valence-electron chi connectivity index (χ3n) is 5.12. The van der Waals surface area contributed by atoms with Gasteiger partial charge in [0.05, 0.1) is 21.9 Å². The topological polar surface area (TPSA) is 87.0 Å². The second-order valence-corrected chi connectivity index (χ2v) is 8.93. The largest absolute Gasteiger partial charge is 0.462 e. The fraction of sp³-hybridized carbons (Fsp3) is 0.0909. The molecule has 2 aliphatic rings. The lowest BCUT2D eigenvalue weighted by Gasteiger charge is -2.20. The number of carbonyl (C=O) groups excluding carboxylic acids is 1. The van der Waals surface area contributed by atoms with Gasteiger partial charge >= 0.3 is 0 Å². The van der Waals surface area contributed by atoms with E-state index in [0.29, 0.717) is 26.0 Å². The molecule has 7 nitrogen and oxygen atoms in total. The van der Waals surface area contributed by atoms with Crippen LogP contribution in [0.5, 0.6) is 0 Å². The van der Waals surface area contributed by atoms with Gasteiger partial charge in [-0.25, -0.2) is 0 Å². The van der Waals surface area contributed by atoms with Gasteiger partial charge < -0.3 is 8.98 Å². The van der Waals surface area contributed by atoms with Crippen LogP contribution in [0, 0.1) is 19.3 Å². The smallest absolute Gasteiger partial charge is 0.283 e. The molecule has 2 aromatic heterocycles. The molecule has 0 aliphatic carbocycles. The number of hydrazone groups is 1. The predicted octanol–water partition coefficient (Wildman–Crippen LogP) is 5.66. The molecule has 1 amide bonds. The van der Waals surface area contributed by atoms with E-state index in [0.717, 1.165) is 22.6 Å². The van der Waals surface area contributed by atoms with Crippen LogP contribution in [0.15, 0.2) is 62.7 Å². The van der Waals surface area contributed by atoms with E-state index in [-0.39, 0.29) is 11.4 Å². The van der Waals surface area contributed by atoms with Crippen LogP contribution in [-0.2, 0) is 4.79 Å². The number of halogens is 2. The molecule has 5 rings (SSSR count). The predicted molar refractivity (Wildman–Crippen MR) is 128 cm³/mol. The maximum absolute atomic E-state index is 12.8. The monoisotopic (exact) mass is 483 g/mol. The lowest BCUT2D eigenvalue weighted by atomic mass is 10.1. The third-order valence-corrected chi connectivity index (χ3v) is 6.78. The molecule has 2 aliphatic heterocycles. The second-order valence-electron chi connectivity index (χ2n) is 7.16. The quantitative estimate of drug-likeness (QED) is 0.486. The van der Waals surface area contributed by atoms with Gasteiger partial charge in [0, 0.05) is 17.1 Å². The zero-order valence-corrected chi connectivity index (χ0v) is 19.2. The lowest BCUT2D eigenvalue weighted by Crippen LogP contribution is -2.35. The number of aliphatic imine (C=N–C) groups is 1. The molecule has 1 aromatic carbocycles. The maximum Gasteiger partial charge on any atom is 0.283 e. The van der Waals surface area contributed by atoms with Crippen molar-refractivity contribution in [2.24, 2.45) is 10.1 Å². The van der Waals surface area contributed by atoms with Crippen LogP contribution in [0.2, 0.25) is 10.0 Å². The Kier molecular flexibility index (Phi) is 5.08. The summed E-state index contributed by atoms with van der Waals surface area (Å²) in [5.74, 6) is 0.0421. The summed E-state index contributed by atoms with van der Waals surface area (Å²) in [6, 6.07) is 10.9. The Morgan fingerprint density at radius 2 is 1.97 bits per heavy atom. The molecule has 0 fully saturated rings. The molecule has 1 N–H and O–H groups in total. The summed E-state index contributed by atoms with van der Waals surface area (Å²) >= 11 is 13.4. The van der Waals surface area contributed by atoms with Crippen LogP contribution in [0.3, 0.4) is 0 Å². The average molecular weight is 484 g/mol. The van der Waals surface area contributed by atoms with E-state index in [1.165, 1.54) is 16.8 Å². The Hall–Kier alpha value is -3.07. The highest BCUT2D eigenvalue weighted by Crippen LogP contribution is 2.32. The summed E-state index contributed by atoms with van der Waals surface area (Å²) in [5, 5.41) is 16.2. The zero-order chi connectivity index (χ0) is 22.6. The van der Waals surface area contributed by atoms with Crippen molar-refractivity contribution < 1.29 is 9.21 Å². The van der Waals surface area contributed by atoms with E-state index < -0.39 is 5.91 Å². The summed E-state index contributed by atoms with van der Waals surface area (Å²) in [5.41, 5.74) is 3.64. The minimum absolute atomic E-state index is 0.0339. The van der Waals surface area contributed by atoms with Crippen LogP contribution < -0.4 is 0 Å². The number of aromatic nitrogens is 1. The van der Waals surface area contributed by atoms with Crippen molar-refractivity contribution in [3.8, 4) is 5.69 Å². The fourth-order valence-corrected chi connectivity index (χ4v) is 4.75. The molecule has 0 spiro atoms. The Bertz CT molecular complexity index is 1390. The molecule has 0 unspecified atom stereocenters. The number of amidine groups is 2. The van der Waals surface area contributed by atoms with Crippen LogP contribution in [-0.4, -0.2) is 31.5 Å². The number of nitrogens with one attached hydrogen (secondary N) is 1. The number of carbonyl (C=O) groups is 1. The SMILES string of the molecule is Cc1cc(/C=C2\C(=N)N3N=C(c4ccco4)SC3=NC2=O)c(C)n1-c1ccc(Cl)c(Cl)c1. The van der Waals surface area contributed by atoms with Crippen molar-refractivity contribution in [1.29, 1.82) is 5.41 Å². The van der Waals surface area contributed by atoms with Crippen LogP contribution >= 0.6 is 35.0 Å².